The second-order valence-electron chi connectivity index (χ2n) is 4.21. The Morgan fingerprint density at radius 3 is 2.81 bits per heavy atom. The number of halogens is 2. The number of rotatable bonds is 8. The molecule has 0 fully saturated rings. The van der Waals surface area contributed by atoms with E-state index in [0.29, 0.717) is 10.0 Å². The monoisotopic (exact) mass is 359 g/mol. The average Bonchev–Trinajstić information content (AvgIpc) is 2.42. The van der Waals surface area contributed by atoms with Gasteiger partial charge in [-0.05, 0) is 33.6 Å². The molecule has 0 saturated carbocycles. The van der Waals surface area contributed by atoms with Crippen molar-refractivity contribution in [3.63, 3.8) is 0 Å². The van der Waals surface area contributed by atoms with Crippen molar-refractivity contribution in [3.05, 3.63) is 46.7 Å². The van der Waals surface area contributed by atoms with E-state index in [1.807, 2.05) is 0 Å². The molecular weight excluding hydrogens is 345 g/mol. The van der Waals surface area contributed by atoms with Crippen LogP contribution in [0.1, 0.15) is 5.56 Å². The molecule has 0 aromatic heterocycles. The molecule has 1 aromatic carbocycles. The van der Waals surface area contributed by atoms with Crippen LogP contribution in [0.4, 0.5) is 4.39 Å². The molecule has 5 nitrogen and oxygen atoms in total. The molecule has 1 atom stereocenters. The van der Waals surface area contributed by atoms with Crippen LogP contribution in [0.15, 0.2) is 35.3 Å². The summed E-state index contributed by atoms with van der Waals surface area (Å²) in [5.41, 5.74) is 0.448. The highest BCUT2D eigenvalue weighted by molar-refractivity contribution is 9.10. The maximum Gasteiger partial charge on any atom is 0.328 e. The van der Waals surface area contributed by atoms with Gasteiger partial charge in [-0.15, -0.1) is 6.58 Å². The van der Waals surface area contributed by atoms with Crippen LogP contribution in [-0.2, 0) is 20.7 Å². The summed E-state index contributed by atoms with van der Waals surface area (Å²) in [5, 5.41) is 11.3. The van der Waals surface area contributed by atoms with Crippen LogP contribution in [-0.4, -0.2) is 36.2 Å². The van der Waals surface area contributed by atoms with E-state index in [-0.39, 0.29) is 19.6 Å². The Kier molecular flexibility index (Phi) is 7.04. The Labute approximate surface area is 129 Å². The van der Waals surface area contributed by atoms with Crippen LogP contribution in [0.3, 0.4) is 0 Å². The molecule has 0 aliphatic carbocycles. The van der Waals surface area contributed by atoms with Gasteiger partial charge in [-0.1, -0.05) is 12.1 Å². The van der Waals surface area contributed by atoms with E-state index in [2.05, 4.69) is 27.8 Å². The van der Waals surface area contributed by atoms with Gasteiger partial charge in [0.15, 0.2) is 6.04 Å². The minimum absolute atomic E-state index is 0.116. The van der Waals surface area contributed by atoms with Crippen molar-refractivity contribution in [2.75, 3.05) is 13.2 Å². The van der Waals surface area contributed by atoms with Crippen molar-refractivity contribution in [3.8, 4) is 0 Å². The first kappa shape index (κ1) is 17.3. The summed E-state index contributed by atoms with van der Waals surface area (Å²) in [7, 11) is 0. The van der Waals surface area contributed by atoms with Gasteiger partial charge in [0, 0.05) is 0 Å². The van der Waals surface area contributed by atoms with Crippen molar-refractivity contribution in [2.45, 2.75) is 12.5 Å². The van der Waals surface area contributed by atoms with E-state index in [0.717, 1.165) is 0 Å². The Morgan fingerprint density at radius 2 is 2.24 bits per heavy atom. The maximum atomic E-state index is 13.3. The molecule has 0 bridgehead atoms. The summed E-state index contributed by atoms with van der Waals surface area (Å²) < 4.78 is 18.6. The molecular formula is C14H15BrFNO4. The van der Waals surface area contributed by atoms with Gasteiger partial charge in [0.1, 0.15) is 5.82 Å². The SMILES string of the molecule is C=CCOCC(NC(=O)Cc1ccc(Br)c(F)c1)C(=O)O. The fourth-order valence-corrected chi connectivity index (χ4v) is 1.77. The highest BCUT2D eigenvalue weighted by atomic mass is 79.9. The van der Waals surface area contributed by atoms with Crippen LogP contribution < -0.4 is 5.32 Å². The van der Waals surface area contributed by atoms with Crippen LogP contribution >= 0.6 is 15.9 Å². The van der Waals surface area contributed by atoms with Crippen molar-refractivity contribution in [1.82, 2.24) is 5.32 Å². The van der Waals surface area contributed by atoms with E-state index in [1.165, 1.54) is 18.2 Å². The van der Waals surface area contributed by atoms with Crippen LogP contribution in [0.2, 0.25) is 0 Å². The van der Waals surface area contributed by atoms with Crippen LogP contribution in [0.5, 0.6) is 0 Å². The van der Waals surface area contributed by atoms with E-state index >= 15 is 0 Å². The zero-order valence-electron chi connectivity index (χ0n) is 11.1. The number of benzene rings is 1. The van der Waals surface area contributed by atoms with Gasteiger partial charge < -0.3 is 15.2 Å². The summed E-state index contributed by atoms with van der Waals surface area (Å²) in [6.07, 6.45) is 1.36. The topological polar surface area (TPSA) is 75.6 Å². The molecule has 114 valence electrons. The first-order valence-corrected chi connectivity index (χ1v) is 6.88. The summed E-state index contributed by atoms with van der Waals surface area (Å²) in [6, 6.07) is 3.13. The third-order valence-electron chi connectivity index (χ3n) is 2.50. The third kappa shape index (κ3) is 6.05. The fraction of sp³-hybridized carbons (Fsp3) is 0.286. The number of carbonyl (C=O) groups is 2. The lowest BCUT2D eigenvalue weighted by Crippen LogP contribution is -2.44. The molecule has 0 radical (unpaired) electrons. The molecule has 0 spiro atoms. The molecule has 2 N–H and O–H groups in total. The van der Waals surface area contributed by atoms with Crippen molar-refractivity contribution < 1.29 is 23.8 Å². The lowest BCUT2D eigenvalue weighted by atomic mass is 10.1. The number of carboxylic acids is 1. The van der Waals surface area contributed by atoms with Gasteiger partial charge in [0.25, 0.3) is 0 Å². The number of hydrogen-bond donors (Lipinski definition) is 2. The summed E-state index contributed by atoms with van der Waals surface area (Å²) in [4.78, 5) is 22.8. The van der Waals surface area contributed by atoms with Gasteiger partial charge in [0.2, 0.25) is 5.91 Å². The molecule has 0 aliphatic heterocycles. The predicted molar refractivity (Wildman–Crippen MR) is 78.4 cm³/mol. The number of hydrogen-bond acceptors (Lipinski definition) is 3. The smallest absolute Gasteiger partial charge is 0.328 e. The number of carbonyl (C=O) groups excluding carboxylic acids is 1. The number of nitrogens with one attached hydrogen (secondary N) is 1. The highest BCUT2D eigenvalue weighted by Gasteiger charge is 2.20. The molecule has 1 amide bonds. The van der Waals surface area contributed by atoms with E-state index in [1.54, 1.807) is 6.07 Å². The number of aliphatic carboxylic acids is 1. The molecule has 7 heteroatoms. The molecule has 0 saturated heterocycles. The quantitative estimate of drug-likeness (QED) is 0.549. The largest absolute Gasteiger partial charge is 0.480 e. The molecule has 1 unspecified atom stereocenters. The molecule has 21 heavy (non-hydrogen) atoms. The highest BCUT2D eigenvalue weighted by Crippen LogP contribution is 2.16. The maximum absolute atomic E-state index is 13.3. The molecule has 1 aromatic rings. The predicted octanol–water partition coefficient (Wildman–Crippen LogP) is 1.90. The third-order valence-corrected chi connectivity index (χ3v) is 3.15. The van der Waals surface area contributed by atoms with Gasteiger partial charge in [-0.25, -0.2) is 9.18 Å². The molecule has 0 aliphatic rings. The Hall–Kier alpha value is -1.73. The second kappa shape index (κ2) is 8.53. The summed E-state index contributed by atoms with van der Waals surface area (Å²) >= 11 is 3.01. The molecule has 0 heterocycles. The van der Waals surface area contributed by atoms with Crippen LogP contribution in [0, 0.1) is 5.82 Å². The molecule has 1 rings (SSSR count). The zero-order valence-corrected chi connectivity index (χ0v) is 12.7. The van der Waals surface area contributed by atoms with Crippen molar-refractivity contribution in [2.24, 2.45) is 0 Å². The van der Waals surface area contributed by atoms with Crippen molar-refractivity contribution >= 4 is 27.8 Å². The minimum atomic E-state index is -1.20. The summed E-state index contributed by atoms with van der Waals surface area (Å²) in [6.45, 7) is 3.46. The van der Waals surface area contributed by atoms with E-state index in [9.17, 15) is 14.0 Å². The van der Waals surface area contributed by atoms with Gasteiger partial charge in [-0.2, -0.15) is 0 Å². The number of amides is 1. The Bertz CT molecular complexity index is 536. The lowest BCUT2D eigenvalue weighted by Gasteiger charge is -2.14. The number of ether oxygens (including phenoxy) is 1. The van der Waals surface area contributed by atoms with Crippen molar-refractivity contribution in [1.29, 1.82) is 0 Å². The average molecular weight is 360 g/mol. The Morgan fingerprint density at radius 1 is 1.52 bits per heavy atom. The van der Waals surface area contributed by atoms with Gasteiger partial charge in [0.05, 0.1) is 24.1 Å². The normalized spacial score (nSPS) is 11.7. The van der Waals surface area contributed by atoms with E-state index < -0.39 is 23.7 Å². The number of carboxylic acid groups (broad SMARTS) is 1. The first-order chi connectivity index (χ1) is 9.93. The first-order valence-electron chi connectivity index (χ1n) is 6.08. The lowest BCUT2D eigenvalue weighted by molar-refractivity contribution is -0.143. The van der Waals surface area contributed by atoms with Gasteiger partial charge >= 0.3 is 5.97 Å². The summed E-state index contributed by atoms with van der Waals surface area (Å²) in [5.74, 6) is -2.20. The zero-order chi connectivity index (χ0) is 15.8. The Balaban J connectivity index is 2.58. The fourth-order valence-electron chi connectivity index (χ4n) is 1.52. The van der Waals surface area contributed by atoms with Gasteiger partial charge in [-0.3, -0.25) is 4.79 Å². The second-order valence-corrected chi connectivity index (χ2v) is 5.06. The standard InChI is InChI=1S/C14H15BrFNO4/c1-2-5-21-8-12(14(19)20)17-13(18)7-9-3-4-10(15)11(16)6-9/h2-4,6,12H,1,5,7-8H2,(H,17,18)(H,19,20). The van der Waals surface area contributed by atoms with Crippen LogP contribution in [0.25, 0.3) is 0 Å². The minimum Gasteiger partial charge on any atom is -0.480 e. The van der Waals surface area contributed by atoms with E-state index in [4.69, 9.17) is 9.84 Å².